The van der Waals surface area contributed by atoms with E-state index in [0.717, 1.165) is 19.3 Å². The molecule has 1 heterocycles. The van der Waals surface area contributed by atoms with Crippen molar-refractivity contribution in [2.45, 2.75) is 24.2 Å². The molecule has 2 aromatic rings. The van der Waals surface area contributed by atoms with Crippen molar-refractivity contribution in [2.24, 2.45) is 0 Å². The van der Waals surface area contributed by atoms with Gasteiger partial charge in [-0.15, -0.1) is 0 Å². The topological polar surface area (TPSA) is 92.8 Å². The highest BCUT2D eigenvalue weighted by atomic mass is 35.5. The Balaban J connectivity index is 1.64. The Kier molecular flexibility index (Phi) is 7.36. The summed E-state index contributed by atoms with van der Waals surface area (Å²) in [6, 6.07) is 10.4. The van der Waals surface area contributed by atoms with Crippen molar-refractivity contribution in [2.75, 3.05) is 25.0 Å². The molecule has 2 aromatic carbocycles. The molecular formula is C20H20Cl2N2O5S. The summed E-state index contributed by atoms with van der Waals surface area (Å²) in [5.74, 6) is -1.41. The average Bonchev–Trinajstić information content (AvgIpc) is 2.76. The number of hydrogen-bond acceptors (Lipinski definition) is 5. The van der Waals surface area contributed by atoms with Crippen molar-refractivity contribution in [3.05, 3.63) is 58.1 Å². The fourth-order valence-electron chi connectivity index (χ4n) is 3.04. The number of hydrogen-bond donors (Lipinski definition) is 1. The summed E-state index contributed by atoms with van der Waals surface area (Å²) in [5.41, 5.74) is 0.335. The Morgan fingerprint density at radius 1 is 1.03 bits per heavy atom. The van der Waals surface area contributed by atoms with Gasteiger partial charge in [-0.1, -0.05) is 41.8 Å². The predicted octanol–water partition coefficient (Wildman–Crippen LogP) is 3.96. The van der Waals surface area contributed by atoms with E-state index in [9.17, 15) is 18.0 Å². The second kappa shape index (κ2) is 9.78. The van der Waals surface area contributed by atoms with Gasteiger partial charge in [-0.05, 0) is 43.2 Å². The quantitative estimate of drug-likeness (QED) is 0.644. The van der Waals surface area contributed by atoms with Crippen LogP contribution in [-0.4, -0.2) is 44.3 Å². The van der Waals surface area contributed by atoms with Gasteiger partial charge >= 0.3 is 5.97 Å². The molecule has 1 fully saturated rings. The number of piperidine rings is 1. The number of carbonyl (C=O) groups is 2. The molecule has 10 heteroatoms. The highest BCUT2D eigenvalue weighted by Gasteiger charge is 2.26. The van der Waals surface area contributed by atoms with E-state index in [-0.39, 0.29) is 20.5 Å². The average molecular weight is 471 g/mol. The van der Waals surface area contributed by atoms with E-state index < -0.39 is 28.5 Å². The highest BCUT2D eigenvalue weighted by molar-refractivity contribution is 7.89. The number of rotatable bonds is 6. The number of carbonyl (C=O) groups excluding carboxylic acids is 2. The van der Waals surface area contributed by atoms with Crippen LogP contribution in [0.25, 0.3) is 0 Å². The SMILES string of the molecule is O=C(COC(=O)c1cccc(S(=O)(=O)N2CCCCC2)c1)Nc1cccc(Cl)c1Cl. The van der Waals surface area contributed by atoms with Crippen LogP contribution in [0.15, 0.2) is 47.4 Å². The van der Waals surface area contributed by atoms with Gasteiger partial charge in [0.05, 0.1) is 26.2 Å². The van der Waals surface area contributed by atoms with Gasteiger partial charge in [0.2, 0.25) is 10.0 Å². The third-order valence-corrected chi connectivity index (χ3v) is 7.30. The first-order valence-electron chi connectivity index (χ1n) is 9.30. The molecular weight excluding hydrogens is 451 g/mol. The maximum absolute atomic E-state index is 12.8. The molecule has 0 bridgehead atoms. The lowest BCUT2D eigenvalue weighted by Crippen LogP contribution is -2.35. The monoisotopic (exact) mass is 470 g/mol. The first-order chi connectivity index (χ1) is 14.3. The van der Waals surface area contributed by atoms with Gasteiger partial charge in [-0.3, -0.25) is 4.79 Å². The van der Waals surface area contributed by atoms with Gasteiger partial charge in [0, 0.05) is 13.1 Å². The van der Waals surface area contributed by atoms with Gasteiger partial charge < -0.3 is 10.1 Å². The molecule has 0 radical (unpaired) electrons. The number of amides is 1. The number of halogens is 2. The molecule has 1 saturated heterocycles. The minimum Gasteiger partial charge on any atom is -0.452 e. The molecule has 0 aromatic heterocycles. The molecule has 1 N–H and O–H groups in total. The second-order valence-corrected chi connectivity index (χ2v) is 9.44. The molecule has 1 aliphatic heterocycles. The van der Waals surface area contributed by atoms with Gasteiger partial charge in [0.15, 0.2) is 6.61 Å². The third kappa shape index (κ3) is 5.31. The molecule has 1 amide bonds. The van der Waals surface area contributed by atoms with Gasteiger partial charge in [0.1, 0.15) is 0 Å². The Bertz CT molecular complexity index is 1050. The van der Waals surface area contributed by atoms with Crippen LogP contribution in [-0.2, 0) is 19.6 Å². The van der Waals surface area contributed by atoms with Crippen LogP contribution >= 0.6 is 23.2 Å². The van der Waals surface area contributed by atoms with Crippen LogP contribution in [0.5, 0.6) is 0 Å². The number of anilines is 1. The predicted molar refractivity (Wildman–Crippen MR) is 114 cm³/mol. The number of sulfonamides is 1. The van der Waals surface area contributed by atoms with Crippen molar-refractivity contribution in [3.63, 3.8) is 0 Å². The van der Waals surface area contributed by atoms with E-state index >= 15 is 0 Å². The molecule has 0 saturated carbocycles. The standard InChI is InChI=1S/C20H20Cl2N2O5S/c21-16-8-5-9-17(19(16)22)23-18(25)13-29-20(26)14-6-4-7-15(12-14)30(27,28)24-10-2-1-3-11-24/h4-9,12H,1-3,10-11,13H2,(H,23,25). The van der Waals surface area contributed by atoms with E-state index in [1.165, 1.54) is 28.6 Å². The zero-order valence-electron chi connectivity index (χ0n) is 15.9. The highest BCUT2D eigenvalue weighted by Crippen LogP contribution is 2.29. The lowest BCUT2D eigenvalue weighted by Gasteiger charge is -2.25. The van der Waals surface area contributed by atoms with Crippen LogP contribution in [0, 0.1) is 0 Å². The van der Waals surface area contributed by atoms with Crippen LogP contribution < -0.4 is 5.32 Å². The van der Waals surface area contributed by atoms with E-state index in [0.29, 0.717) is 18.8 Å². The third-order valence-electron chi connectivity index (χ3n) is 4.58. The van der Waals surface area contributed by atoms with Crippen LogP contribution in [0.1, 0.15) is 29.6 Å². The molecule has 160 valence electrons. The van der Waals surface area contributed by atoms with E-state index in [2.05, 4.69) is 5.32 Å². The van der Waals surface area contributed by atoms with Crippen molar-refractivity contribution in [1.82, 2.24) is 4.31 Å². The van der Waals surface area contributed by atoms with Gasteiger partial charge in [-0.2, -0.15) is 4.31 Å². The first-order valence-corrected chi connectivity index (χ1v) is 11.5. The fraction of sp³-hybridized carbons (Fsp3) is 0.300. The molecule has 3 rings (SSSR count). The van der Waals surface area contributed by atoms with Gasteiger partial charge in [-0.25, -0.2) is 13.2 Å². The molecule has 0 unspecified atom stereocenters. The lowest BCUT2D eigenvalue weighted by atomic mass is 10.2. The maximum Gasteiger partial charge on any atom is 0.338 e. The van der Waals surface area contributed by atoms with Crippen molar-refractivity contribution < 1.29 is 22.7 Å². The summed E-state index contributed by atoms with van der Waals surface area (Å²) in [5, 5.41) is 2.95. The number of esters is 1. The number of nitrogens with zero attached hydrogens (tertiary/aromatic N) is 1. The van der Waals surface area contributed by atoms with E-state index in [1.54, 1.807) is 18.2 Å². The summed E-state index contributed by atoms with van der Waals surface area (Å²) in [7, 11) is -3.68. The smallest absolute Gasteiger partial charge is 0.338 e. The van der Waals surface area contributed by atoms with Gasteiger partial charge in [0.25, 0.3) is 5.91 Å². The minimum absolute atomic E-state index is 0.0222. The summed E-state index contributed by atoms with van der Waals surface area (Å²) in [6.45, 7) is 0.358. The molecule has 1 aliphatic rings. The molecule has 7 nitrogen and oxygen atoms in total. The normalized spacial score (nSPS) is 14.9. The largest absolute Gasteiger partial charge is 0.452 e. The van der Waals surface area contributed by atoms with Crippen molar-refractivity contribution >= 4 is 50.8 Å². The molecule has 0 spiro atoms. The molecule has 0 atom stereocenters. The number of benzene rings is 2. The molecule has 30 heavy (non-hydrogen) atoms. The number of nitrogens with one attached hydrogen (secondary N) is 1. The summed E-state index contributed by atoms with van der Waals surface area (Å²) in [4.78, 5) is 24.4. The Hall–Kier alpha value is -2.13. The number of ether oxygens (including phenoxy) is 1. The van der Waals surface area contributed by atoms with Crippen LogP contribution in [0.3, 0.4) is 0 Å². The summed E-state index contributed by atoms with van der Waals surface area (Å²) < 4.78 is 32.0. The fourth-order valence-corrected chi connectivity index (χ4v) is 4.95. The van der Waals surface area contributed by atoms with Crippen molar-refractivity contribution in [1.29, 1.82) is 0 Å². The Labute approximate surface area is 185 Å². The Morgan fingerprint density at radius 3 is 2.47 bits per heavy atom. The maximum atomic E-state index is 12.8. The van der Waals surface area contributed by atoms with Crippen LogP contribution in [0.4, 0.5) is 5.69 Å². The summed E-state index contributed by atoms with van der Waals surface area (Å²) >= 11 is 11.9. The summed E-state index contributed by atoms with van der Waals surface area (Å²) in [6.07, 6.45) is 2.63. The van der Waals surface area contributed by atoms with E-state index in [4.69, 9.17) is 27.9 Å². The van der Waals surface area contributed by atoms with Crippen LogP contribution in [0.2, 0.25) is 10.0 Å². The Morgan fingerprint density at radius 2 is 1.73 bits per heavy atom. The zero-order chi connectivity index (χ0) is 21.7. The molecule has 0 aliphatic carbocycles. The van der Waals surface area contributed by atoms with Crippen molar-refractivity contribution in [3.8, 4) is 0 Å². The van der Waals surface area contributed by atoms with E-state index in [1.807, 2.05) is 0 Å². The second-order valence-electron chi connectivity index (χ2n) is 6.72. The lowest BCUT2D eigenvalue weighted by molar-refractivity contribution is -0.119. The zero-order valence-corrected chi connectivity index (χ0v) is 18.3. The minimum atomic E-state index is -3.68. The first kappa shape index (κ1) is 22.6.